The van der Waals surface area contributed by atoms with Crippen molar-refractivity contribution in [1.29, 1.82) is 0 Å². The van der Waals surface area contributed by atoms with Crippen LogP contribution in [-0.2, 0) is 4.79 Å². The fraction of sp³-hybridized carbons (Fsp3) is 0.833. The zero-order chi connectivity index (χ0) is 14.2. The van der Waals surface area contributed by atoms with E-state index >= 15 is 0 Å². The van der Waals surface area contributed by atoms with E-state index in [4.69, 9.17) is 5.11 Å². The monoisotopic (exact) mass is 259 g/mol. The quantitative estimate of drug-likeness (QED) is 0.565. The minimum atomic E-state index is -0.799. The van der Waals surface area contributed by atoms with Crippen LogP contribution in [0.2, 0.25) is 0 Å². The van der Waals surface area contributed by atoms with Crippen LogP contribution in [0, 0.1) is 0 Å². The smallest absolute Gasteiger partial charge is 0.314 e. The molecule has 6 heteroatoms. The number of aliphatic carboxylic acids is 1. The molecule has 0 aromatic heterocycles. The van der Waals surface area contributed by atoms with E-state index in [1.807, 2.05) is 32.8 Å². The summed E-state index contributed by atoms with van der Waals surface area (Å²) in [4.78, 5) is 23.8. The molecule has 2 amide bonds. The van der Waals surface area contributed by atoms with Gasteiger partial charge in [0.25, 0.3) is 0 Å². The van der Waals surface area contributed by atoms with Crippen molar-refractivity contribution in [3.63, 3.8) is 0 Å². The van der Waals surface area contributed by atoms with Crippen LogP contribution < -0.4 is 10.6 Å². The Labute approximate surface area is 109 Å². The molecule has 0 aliphatic rings. The molecule has 0 heterocycles. The van der Waals surface area contributed by atoms with Crippen molar-refractivity contribution < 1.29 is 14.7 Å². The summed E-state index contributed by atoms with van der Waals surface area (Å²) in [6, 6.07) is -0.208. The predicted molar refractivity (Wildman–Crippen MR) is 70.7 cm³/mol. The lowest BCUT2D eigenvalue weighted by Gasteiger charge is -2.32. The SMILES string of the molecule is CN(C)C(C)(C)CNC(=O)NCCCCC(=O)O. The number of likely N-dealkylation sites (N-methyl/N-ethyl adjacent to an activating group) is 1. The summed E-state index contributed by atoms with van der Waals surface area (Å²) in [7, 11) is 3.93. The third kappa shape index (κ3) is 7.89. The van der Waals surface area contributed by atoms with Gasteiger partial charge in [0, 0.05) is 25.0 Å². The first kappa shape index (κ1) is 16.7. The van der Waals surface area contributed by atoms with Crippen LogP contribution in [0.3, 0.4) is 0 Å². The second-order valence-electron chi connectivity index (χ2n) is 5.17. The maximum atomic E-state index is 11.5. The largest absolute Gasteiger partial charge is 0.481 e. The molecule has 0 fully saturated rings. The number of unbranched alkanes of at least 4 members (excludes halogenated alkanes) is 1. The first-order valence-corrected chi connectivity index (χ1v) is 6.16. The zero-order valence-corrected chi connectivity index (χ0v) is 11.7. The Morgan fingerprint density at radius 3 is 2.28 bits per heavy atom. The van der Waals surface area contributed by atoms with Crippen LogP contribution in [-0.4, -0.2) is 54.7 Å². The van der Waals surface area contributed by atoms with Gasteiger partial charge < -0.3 is 20.6 Å². The zero-order valence-electron chi connectivity index (χ0n) is 11.7. The first-order chi connectivity index (χ1) is 8.25. The lowest BCUT2D eigenvalue weighted by molar-refractivity contribution is -0.137. The highest BCUT2D eigenvalue weighted by molar-refractivity contribution is 5.73. The summed E-state index contributed by atoms with van der Waals surface area (Å²) in [5.74, 6) is -0.799. The highest BCUT2D eigenvalue weighted by atomic mass is 16.4. The molecule has 0 aliphatic carbocycles. The lowest BCUT2D eigenvalue weighted by Crippen LogP contribution is -2.50. The van der Waals surface area contributed by atoms with Gasteiger partial charge >= 0.3 is 12.0 Å². The van der Waals surface area contributed by atoms with Crippen LogP contribution in [0.15, 0.2) is 0 Å². The maximum Gasteiger partial charge on any atom is 0.314 e. The molecule has 0 spiro atoms. The summed E-state index contributed by atoms with van der Waals surface area (Å²) in [6.07, 6.45) is 1.41. The Kier molecular flexibility index (Phi) is 7.35. The van der Waals surface area contributed by atoms with Gasteiger partial charge in [0.2, 0.25) is 0 Å². The van der Waals surface area contributed by atoms with Gasteiger partial charge in [-0.2, -0.15) is 0 Å². The first-order valence-electron chi connectivity index (χ1n) is 6.16. The second-order valence-corrected chi connectivity index (χ2v) is 5.17. The average Bonchev–Trinajstić information content (AvgIpc) is 2.25. The summed E-state index contributed by atoms with van der Waals surface area (Å²) in [6.45, 7) is 5.14. The Bertz CT molecular complexity index is 278. The van der Waals surface area contributed by atoms with Gasteiger partial charge in [0.1, 0.15) is 0 Å². The number of carboxylic acid groups (broad SMARTS) is 1. The summed E-state index contributed by atoms with van der Waals surface area (Å²) in [5.41, 5.74) is -0.0966. The number of urea groups is 1. The third-order valence-electron chi connectivity index (χ3n) is 3.00. The van der Waals surface area contributed by atoms with E-state index < -0.39 is 5.97 Å². The van der Waals surface area contributed by atoms with Gasteiger partial charge in [-0.1, -0.05) is 0 Å². The van der Waals surface area contributed by atoms with E-state index in [0.29, 0.717) is 25.9 Å². The number of nitrogens with one attached hydrogen (secondary N) is 2. The topological polar surface area (TPSA) is 81.7 Å². The normalized spacial score (nSPS) is 11.4. The Hall–Kier alpha value is -1.30. The highest BCUT2D eigenvalue weighted by Gasteiger charge is 2.20. The standard InChI is InChI=1S/C12H25N3O3/c1-12(2,15(3)4)9-14-11(18)13-8-6-5-7-10(16)17/h5-9H2,1-4H3,(H,16,17)(H2,13,14,18). The number of carbonyl (C=O) groups is 2. The van der Waals surface area contributed by atoms with Gasteiger partial charge in [-0.3, -0.25) is 4.79 Å². The Morgan fingerprint density at radius 1 is 1.17 bits per heavy atom. The number of carboxylic acids is 1. The number of hydrogen-bond acceptors (Lipinski definition) is 3. The molecule has 0 atom stereocenters. The second kappa shape index (κ2) is 7.92. The highest BCUT2D eigenvalue weighted by Crippen LogP contribution is 2.07. The van der Waals surface area contributed by atoms with E-state index in [-0.39, 0.29) is 18.0 Å². The van der Waals surface area contributed by atoms with Crippen LogP contribution in [0.4, 0.5) is 4.79 Å². The molecule has 0 aromatic rings. The number of nitrogens with zero attached hydrogens (tertiary/aromatic N) is 1. The van der Waals surface area contributed by atoms with Gasteiger partial charge in [0.05, 0.1) is 0 Å². The molecular weight excluding hydrogens is 234 g/mol. The van der Waals surface area contributed by atoms with E-state index in [0.717, 1.165) is 0 Å². The van der Waals surface area contributed by atoms with Gasteiger partial charge in [-0.05, 0) is 40.8 Å². The minimum absolute atomic E-state index is 0.0966. The molecule has 0 saturated carbocycles. The van der Waals surface area contributed by atoms with Crippen LogP contribution in [0.25, 0.3) is 0 Å². The van der Waals surface area contributed by atoms with E-state index in [1.54, 1.807) is 0 Å². The van der Waals surface area contributed by atoms with Gasteiger partial charge in [-0.15, -0.1) is 0 Å². The van der Waals surface area contributed by atoms with E-state index in [2.05, 4.69) is 10.6 Å². The van der Waals surface area contributed by atoms with Crippen molar-refractivity contribution in [2.75, 3.05) is 27.2 Å². The lowest BCUT2D eigenvalue weighted by atomic mass is 10.1. The molecule has 0 aliphatic heterocycles. The van der Waals surface area contributed by atoms with Crippen LogP contribution >= 0.6 is 0 Å². The van der Waals surface area contributed by atoms with Gasteiger partial charge in [-0.25, -0.2) is 4.79 Å². The fourth-order valence-corrected chi connectivity index (χ4v) is 1.12. The molecule has 106 valence electrons. The maximum absolute atomic E-state index is 11.5. The van der Waals surface area contributed by atoms with Crippen molar-refractivity contribution in [2.45, 2.75) is 38.6 Å². The van der Waals surface area contributed by atoms with Crippen molar-refractivity contribution >= 4 is 12.0 Å². The van der Waals surface area contributed by atoms with Crippen LogP contribution in [0.1, 0.15) is 33.1 Å². The van der Waals surface area contributed by atoms with Crippen molar-refractivity contribution in [3.05, 3.63) is 0 Å². The molecular formula is C12H25N3O3. The fourth-order valence-electron chi connectivity index (χ4n) is 1.12. The molecule has 0 saturated heterocycles. The van der Waals surface area contributed by atoms with Crippen molar-refractivity contribution in [3.8, 4) is 0 Å². The summed E-state index contributed by atoms with van der Waals surface area (Å²) < 4.78 is 0. The number of carbonyl (C=O) groups excluding carboxylic acids is 1. The predicted octanol–water partition coefficient (Wildman–Crippen LogP) is 0.881. The number of amides is 2. The molecule has 0 aromatic carbocycles. The Balaban J connectivity index is 3.63. The minimum Gasteiger partial charge on any atom is -0.481 e. The van der Waals surface area contributed by atoms with Gasteiger partial charge in [0.15, 0.2) is 0 Å². The van der Waals surface area contributed by atoms with Crippen molar-refractivity contribution in [2.24, 2.45) is 0 Å². The van der Waals surface area contributed by atoms with E-state index in [9.17, 15) is 9.59 Å². The van der Waals surface area contributed by atoms with Crippen LogP contribution in [0.5, 0.6) is 0 Å². The third-order valence-corrected chi connectivity index (χ3v) is 3.00. The summed E-state index contributed by atoms with van der Waals surface area (Å²) >= 11 is 0. The van der Waals surface area contributed by atoms with Crippen molar-refractivity contribution in [1.82, 2.24) is 15.5 Å². The molecule has 0 unspecified atom stereocenters. The number of rotatable bonds is 8. The molecule has 3 N–H and O–H groups in total. The molecule has 18 heavy (non-hydrogen) atoms. The molecule has 0 radical (unpaired) electrons. The average molecular weight is 259 g/mol. The molecule has 6 nitrogen and oxygen atoms in total. The number of hydrogen-bond donors (Lipinski definition) is 3. The molecule has 0 rings (SSSR count). The molecule has 0 bridgehead atoms. The Morgan fingerprint density at radius 2 is 1.78 bits per heavy atom. The summed E-state index contributed by atoms with van der Waals surface area (Å²) in [5, 5.41) is 13.9. The van der Waals surface area contributed by atoms with E-state index in [1.165, 1.54) is 0 Å².